The number of para-hydroxylation sites is 1. The van der Waals surface area contributed by atoms with Crippen LogP contribution in [0.25, 0.3) is 5.69 Å². The van der Waals surface area contributed by atoms with Crippen LogP contribution in [0.3, 0.4) is 0 Å². The molecule has 3 N–H and O–H groups in total. The number of hydrogen-bond acceptors (Lipinski definition) is 8. The summed E-state index contributed by atoms with van der Waals surface area (Å²) in [7, 11) is 1.60. The summed E-state index contributed by atoms with van der Waals surface area (Å²) in [5.41, 5.74) is 1.87. The minimum Gasteiger partial charge on any atom is -0.493 e. The summed E-state index contributed by atoms with van der Waals surface area (Å²) in [6, 6.07) is 15.5. The van der Waals surface area contributed by atoms with Crippen LogP contribution in [-0.4, -0.2) is 58.7 Å². The minimum absolute atomic E-state index is 0.145. The second kappa shape index (κ2) is 10.4. The lowest BCUT2D eigenvalue weighted by Gasteiger charge is -2.12. The van der Waals surface area contributed by atoms with Gasteiger partial charge in [-0.2, -0.15) is 4.68 Å². The molecule has 0 atom stereocenters. The molecular weight excluding hydrogens is 360 g/mol. The molecule has 0 aliphatic heterocycles. The van der Waals surface area contributed by atoms with Crippen LogP contribution in [0.5, 0.6) is 17.5 Å². The summed E-state index contributed by atoms with van der Waals surface area (Å²) >= 11 is 0. The molecule has 28 heavy (non-hydrogen) atoms. The highest BCUT2D eigenvalue weighted by molar-refractivity contribution is 5.44. The minimum atomic E-state index is 0.145. The lowest BCUT2D eigenvalue weighted by molar-refractivity contribution is 0.292. The van der Waals surface area contributed by atoms with Crippen molar-refractivity contribution >= 4 is 0 Å². The van der Waals surface area contributed by atoms with Gasteiger partial charge in [-0.25, -0.2) is 0 Å². The van der Waals surface area contributed by atoms with Gasteiger partial charge in [-0.05, 0) is 40.3 Å². The molecule has 0 amide bonds. The second-order valence-electron chi connectivity index (χ2n) is 5.95. The van der Waals surface area contributed by atoms with Gasteiger partial charge < -0.3 is 25.2 Å². The first kappa shape index (κ1) is 19.7. The molecule has 1 aromatic heterocycles. The number of ether oxygens (including phenoxy) is 2. The second-order valence-corrected chi connectivity index (χ2v) is 5.95. The van der Waals surface area contributed by atoms with Crippen LogP contribution in [0.4, 0.5) is 0 Å². The molecular formula is C19H24N6O3. The number of tetrazole rings is 1. The van der Waals surface area contributed by atoms with Crippen LogP contribution in [-0.2, 0) is 6.54 Å². The monoisotopic (exact) mass is 384 g/mol. The molecule has 0 radical (unpaired) electrons. The highest BCUT2D eigenvalue weighted by atomic mass is 16.5. The van der Waals surface area contributed by atoms with E-state index in [0.29, 0.717) is 24.6 Å². The number of hydrogen-bond donors (Lipinski definition) is 3. The Morgan fingerprint density at radius 2 is 1.82 bits per heavy atom. The van der Waals surface area contributed by atoms with E-state index in [9.17, 15) is 0 Å². The van der Waals surface area contributed by atoms with E-state index in [2.05, 4.69) is 26.2 Å². The summed E-state index contributed by atoms with van der Waals surface area (Å²) in [4.78, 5) is 0. The molecule has 0 saturated heterocycles. The third-order valence-corrected chi connectivity index (χ3v) is 3.97. The molecule has 2 aromatic carbocycles. The number of aliphatic hydroxyl groups excluding tert-OH is 1. The van der Waals surface area contributed by atoms with Crippen molar-refractivity contribution < 1.29 is 14.6 Å². The molecule has 1 heterocycles. The van der Waals surface area contributed by atoms with Crippen molar-refractivity contribution in [2.45, 2.75) is 6.54 Å². The molecule has 0 unspecified atom stereocenters. The number of methoxy groups -OCH3 is 1. The van der Waals surface area contributed by atoms with Gasteiger partial charge in [0.15, 0.2) is 11.5 Å². The lowest BCUT2D eigenvalue weighted by Crippen LogP contribution is -2.28. The third-order valence-electron chi connectivity index (χ3n) is 3.97. The van der Waals surface area contributed by atoms with Gasteiger partial charge in [-0.3, -0.25) is 0 Å². The molecule has 9 heteroatoms. The molecule has 0 fully saturated rings. The highest BCUT2D eigenvalue weighted by Crippen LogP contribution is 2.32. The molecule has 9 nitrogen and oxygen atoms in total. The van der Waals surface area contributed by atoms with Gasteiger partial charge in [0, 0.05) is 26.2 Å². The van der Waals surface area contributed by atoms with Crippen LogP contribution in [0.1, 0.15) is 5.56 Å². The summed E-state index contributed by atoms with van der Waals surface area (Å²) in [5, 5.41) is 26.8. The number of nitrogens with zero attached hydrogens (tertiary/aromatic N) is 4. The van der Waals surface area contributed by atoms with Gasteiger partial charge in [0.05, 0.1) is 19.4 Å². The smallest absolute Gasteiger partial charge is 0.346 e. The van der Waals surface area contributed by atoms with Gasteiger partial charge in [0.2, 0.25) is 0 Å². The molecule has 0 spiro atoms. The first-order chi connectivity index (χ1) is 13.8. The maximum atomic E-state index is 8.74. The Kier molecular flexibility index (Phi) is 7.30. The number of aromatic nitrogens is 4. The van der Waals surface area contributed by atoms with E-state index >= 15 is 0 Å². The fourth-order valence-electron chi connectivity index (χ4n) is 2.59. The Morgan fingerprint density at radius 3 is 2.61 bits per heavy atom. The quantitative estimate of drug-likeness (QED) is 0.423. The predicted octanol–water partition coefficient (Wildman–Crippen LogP) is 1.13. The van der Waals surface area contributed by atoms with Gasteiger partial charge in [-0.15, -0.1) is 0 Å². The molecule has 0 aliphatic rings. The third kappa shape index (κ3) is 5.26. The molecule has 0 saturated carbocycles. The zero-order chi connectivity index (χ0) is 19.6. The molecule has 0 bridgehead atoms. The van der Waals surface area contributed by atoms with Crippen LogP contribution in [0.2, 0.25) is 0 Å². The SMILES string of the molecule is COc1cc(CNCCNCCO)ccc1Oc1nnnn1-c1ccccc1. The zero-order valence-electron chi connectivity index (χ0n) is 15.7. The van der Waals surface area contributed by atoms with E-state index in [1.165, 1.54) is 4.68 Å². The highest BCUT2D eigenvalue weighted by Gasteiger charge is 2.14. The normalized spacial score (nSPS) is 10.8. The standard InChI is InChI=1S/C19H24N6O3/c1-27-18-13-15(14-21-10-9-20-11-12-26)7-8-17(18)28-19-22-23-24-25(19)16-5-3-2-4-6-16/h2-8,13,20-21,26H,9-12,14H2,1H3. The van der Waals surface area contributed by atoms with Crippen molar-refractivity contribution in [3.05, 3.63) is 54.1 Å². The van der Waals surface area contributed by atoms with E-state index in [4.69, 9.17) is 14.6 Å². The number of nitrogens with one attached hydrogen (secondary N) is 2. The predicted molar refractivity (Wildman–Crippen MR) is 104 cm³/mol. The average Bonchev–Trinajstić information content (AvgIpc) is 3.20. The molecule has 0 aliphatic carbocycles. The fourth-order valence-corrected chi connectivity index (χ4v) is 2.59. The van der Waals surface area contributed by atoms with Gasteiger partial charge in [0.1, 0.15) is 0 Å². The summed E-state index contributed by atoms with van der Waals surface area (Å²) < 4.78 is 12.9. The first-order valence-corrected chi connectivity index (χ1v) is 9.02. The van der Waals surface area contributed by atoms with E-state index in [-0.39, 0.29) is 12.6 Å². The molecule has 3 rings (SSSR count). The Morgan fingerprint density at radius 1 is 1.00 bits per heavy atom. The van der Waals surface area contributed by atoms with Crippen molar-refractivity contribution in [3.63, 3.8) is 0 Å². The Balaban J connectivity index is 1.65. The first-order valence-electron chi connectivity index (χ1n) is 9.02. The average molecular weight is 384 g/mol. The van der Waals surface area contributed by atoms with Crippen LogP contribution >= 0.6 is 0 Å². The van der Waals surface area contributed by atoms with Crippen LogP contribution < -0.4 is 20.1 Å². The molecule has 3 aromatic rings. The van der Waals surface area contributed by atoms with Crippen LogP contribution in [0, 0.1) is 0 Å². The summed E-state index contributed by atoms with van der Waals surface area (Å²) in [5.74, 6) is 1.13. The number of aliphatic hydroxyl groups is 1. The van der Waals surface area contributed by atoms with Gasteiger partial charge in [0.25, 0.3) is 0 Å². The van der Waals surface area contributed by atoms with Gasteiger partial charge in [-0.1, -0.05) is 29.4 Å². The largest absolute Gasteiger partial charge is 0.493 e. The topological polar surface area (TPSA) is 106 Å². The van der Waals surface area contributed by atoms with Crippen molar-refractivity contribution in [1.29, 1.82) is 0 Å². The lowest BCUT2D eigenvalue weighted by atomic mass is 10.2. The van der Waals surface area contributed by atoms with E-state index in [0.717, 1.165) is 24.3 Å². The maximum Gasteiger partial charge on any atom is 0.346 e. The van der Waals surface area contributed by atoms with Crippen molar-refractivity contribution in [2.75, 3.05) is 33.4 Å². The van der Waals surface area contributed by atoms with Gasteiger partial charge >= 0.3 is 6.01 Å². The Labute approximate surface area is 163 Å². The molecule has 148 valence electrons. The Hall–Kier alpha value is -3.01. The summed E-state index contributed by atoms with van der Waals surface area (Å²) in [6.45, 7) is 3.03. The fraction of sp³-hybridized carbons (Fsp3) is 0.316. The zero-order valence-corrected chi connectivity index (χ0v) is 15.7. The maximum absolute atomic E-state index is 8.74. The number of benzene rings is 2. The van der Waals surface area contributed by atoms with Crippen molar-refractivity contribution in [2.24, 2.45) is 0 Å². The van der Waals surface area contributed by atoms with E-state index < -0.39 is 0 Å². The van der Waals surface area contributed by atoms with E-state index in [1.807, 2.05) is 48.5 Å². The van der Waals surface area contributed by atoms with E-state index in [1.54, 1.807) is 7.11 Å². The van der Waals surface area contributed by atoms with Crippen molar-refractivity contribution in [3.8, 4) is 23.2 Å². The number of rotatable bonds is 11. The summed E-state index contributed by atoms with van der Waals surface area (Å²) in [6.07, 6.45) is 0. The Bertz CT molecular complexity index is 856. The van der Waals surface area contributed by atoms with Crippen LogP contribution in [0.15, 0.2) is 48.5 Å². The van der Waals surface area contributed by atoms with Crippen molar-refractivity contribution in [1.82, 2.24) is 30.8 Å².